The largest absolute Gasteiger partial charge is 0.340 e. The number of pyridine rings is 1. The van der Waals surface area contributed by atoms with Crippen molar-refractivity contribution in [2.24, 2.45) is 0 Å². The maximum Gasteiger partial charge on any atom is 0.206 e. The molecule has 2 heterocycles. The van der Waals surface area contributed by atoms with Crippen molar-refractivity contribution in [1.82, 2.24) is 19.9 Å². The van der Waals surface area contributed by atoms with Gasteiger partial charge in [-0.1, -0.05) is 18.2 Å². The summed E-state index contributed by atoms with van der Waals surface area (Å²) in [4.78, 5) is 15.5. The maximum absolute atomic E-state index is 12.8. The minimum absolute atomic E-state index is 0.113. The third-order valence-corrected chi connectivity index (χ3v) is 8.36. The van der Waals surface area contributed by atoms with Crippen molar-refractivity contribution in [3.8, 4) is 0 Å². The van der Waals surface area contributed by atoms with Gasteiger partial charge < -0.3 is 10.2 Å². The van der Waals surface area contributed by atoms with E-state index in [2.05, 4.69) is 20.3 Å². The summed E-state index contributed by atoms with van der Waals surface area (Å²) < 4.78 is 48.4. The lowest BCUT2D eigenvalue weighted by Gasteiger charge is -2.16. The quantitative estimate of drug-likeness (QED) is 0.333. The summed E-state index contributed by atoms with van der Waals surface area (Å²) in [7, 11) is -4.72. The summed E-state index contributed by atoms with van der Waals surface area (Å²) in [5, 5.41) is 4.02. The van der Waals surface area contributed by atoms with Crippen LogP contribution in [0.4, 0.5) is 11.5 Å². The molecule has 0 atom stereocenters. The first-order chi connectivity index (χ1) is 17.1. The van der Waals surface area contributed by atoms with E-state index in [0.29, 0.717) is 36.5 Å². The van der Waals surface area contributed by atoms with Crippen molar-refractivity contribution < 1.29 is 16.8 Å². The normalized spacial score (nSPS) is 12.2. The predicted octanol–water partition coefficient (Wildman–Crippen LogP) is 3.12. The van der Waals surface area contributed by atoms with Gasteiger partial charge in [0.15, 0.2) is 0 Å². The van der Waals surface area contributed by atoms with Gasteiger partial charge in [-0.2, -0.15) is 0 Å². The predicted molar refractivity (Wildman–Crippen MR) is 140 cm³/mol. The standard InChI is InChI=1S/C25H27N5O4S2/c1-30(14-15-35(2,31)32)13-12-20-16-23-24(17-26-20)27-18-28-25(23)29-19-8-10-22(11-9-19)36(33,34)21-6-4-3-5-7-21/h3-11,16-18H,12-15H2,1-2H3,(H,27,28,29). The van der Waals surface area contributed by atoms with Crippen LogP contribution in [0.1, 0.15) is 5.69 Å². The van der Waals surface area contributed by atoms with Crippen LogP contribution in [0.2, 0.25) is 0 Å². The highest BCUT2D eigenvalue weighted by molar-refractivity contribution is 7.91. The molecule has 0 aliphatic carbocycles. The Morgan fingerprint density at radius 3 is 2.25 bits per heavy atom. The van der Waals surface area contributed by atoms with Crippen LogP contribution in [0.5, 0.6) is 0 Å². The summed E-state index contributed by atoms with van der Waals surface area (Å²) in [6.45, 7) is 1.11. The average Bonchev–Trinajstić information content (AvgIpc) is 2.87. The molecule has 0 saturated carbocycles. The minimum atomic E-state index is -3.59. The molecule has 0 fully saturated rings. The van der Waals surface area contributed by atoms with Gasteiger partial charge in [0.2, 0.25) is 9.84 Å². The number of benzene rings is 2. The summed E-state index contributed by atoms with van der Waals surface area (Å²) in [5.74, 6) is 0.690. The Morgan fingerprint density at radius 2 is 1.56 bits per heavy atom. The molecule has 0 saturated heterocycles. The monoisotopic (exact) mass is 525 g/mol. The Bertz CT molecular complexity index is 1560. The molecule has 0 unspecified atom stereocenters. The van der Waals surface area contributed by atoms with E-state index in [4.69, 9.17) is 0 Å². The molecule has 188 valence electrons. The number of nitrogens with one attached hydrogen (secondary N) is 1. The fraction of sp³-hybridized carbons (Fsp3) is 0.240. The van der Waals surface area contributed by atoms with E-state index in [1.165, 1.54) is 12.6 Å². The van der Waals surface area contributed by atoms with E-state index in [1.807, 2.05) is 18.0 Å². The fourth-order valence-corrected chi connectivity index (χ4v) is 5.49. The molecule has 0 spiro atoms. The van der Waals surface area contributed by atoms with Gasteiger partial charge in [0.1, 0.15) is 22.0 Å². The Labute approximate surface area is 211 Å². The average molecular weight is 526 g/mol. The number of anilines is 2. The lowest BCUT2D eigenvalue weighted by molar-refractivity contribution is 0.356. The van der Waals surface area contributed by atoms with E-state index in [0.717, 1.165) is 11.1 Å². The smallest absolute Gasteiger partial charge is 0.206 e. The van der Waals surface area contributed by atoms with Crippen LogP contribution >= 0.6 is 0 Å². The van der Waals surface area contributed by atoms with Crippen molar-refractivity contribution in [1.29, 1.82) is 0 Å². The number of nitrogens with zero attached hydrogens (tertiary/aromatic N) is 4. The molecule has 0 aliphatic heterocycles. The van der Waals surface area contributed by atoms with Crippen LogP contribution in [-0.4, -0.2) is 68.8 Å². The lowest BCUT2D eigenvalue weighted by atomic mass is 10.2. The lowest BCUT2D eigenvalue weighted by Crippen LogP contribution is -2.27. The first kappa shape index (κ1) is 25.7. The van der Waals surface area contributed by atoms with Gasteiger partial charge in [0.05, 0.1) is 27.3 Å². The van der Waals surface area contributed by atoms with Crippen LogP contribution in [0, 0.1) is 0 Å². The van der Waals surface area contributed by atoms with Gasteiger partial charge in [-0.05, 0) is 49.5 Å². The van der Waals surface area contributed by atoms with Crippen LogP contribution in [0.25, 0.3) is 10.9 Å². The summed E-state index contributed by atoms with van der Waals surface area (Å²) in [6, 6.07) is 16.7. The van der Waals surface area contributed by atoms with Crippen molar-refractivity contribution in [3.63, 3.8) is 0 Å². The second-order valence-electron chi connectivity index (χ2n) is 8.56. The Morgan fingerprint density at radius 1 is 0.861 bits per heavy atom. The number of fused-ring (bicyclic) bond motifs is 1. The molecular formula is C25H27N5O4S2. The Hall–Kier alpha value is -3.41. The van der Waals surface area contributed by atoms with Gasteiger partial charge in [-0.25, -0.2) is 26.8 Å². The second-order valence-corrected chi connectivity index (χ2v) is 12.8. The van der Waals surface area contributed by atoms with E-state index < -0.39 is 19.7 Å². The minimum Gasteiger partial charge on any atom is -0.340 e. The maximum atomic E-state index is 12.8. The Balaban J connectivity index is 1.50. The molecule has 36 heavy (non-hydrogen) atoms. The zero-order valence-electron chi connectivity index (χ0n) is 20.0. The molecule has 9 nitrogen and oxygen atoms in total. The summed E-state index contributed by atoms with van der Waals surface area (Å²) >= 11 is 0. The van der Waals surface area contributed by atoms with Crippen molar-refractivity contribution in [3.05, 3.63) is 78.9 Å². The number of aromatic nitrogens is 3. The molecule has 0 aliphatic rings. The molecule has 0 bridgehead atoms. The van der Waals surface area contributed by atoms with Crippen molar-refractivity contribution >= 4 is 42.1 Å². The van der Waals surface area contributed by atoms with Crippen molar-refractivity contribution in [2.75, 3.05) is 37.5 Å². The molecule has 0 amide bonds. The first-order valence-electron chi connectivity index (χ1n) is 11.2. The third kappa shape index (κ3) is 6.42. The van der Waals surface area contributed by atoms with Crippen LogP contribution < -0.4 is 5.32 Å². The number of hydrogen-bond acceptors (Lipinski definition) is 9. The molecule has 11 heteroatoms. The molecule has 2 aromatic heterocycles. The van der Waals surface area contributed by atoms with Crippen LogP contribution in [-0.2, 0) is 26.1 Å². The molecule has 2 aromatic carbocycles. The van der Waals surface area contributed by atoms with E-state index >= 15 is 0 Å². The Kier molecular flexibility index (Phi) is 7.62. The van der Waals surface area contributed by atoms with Crippen LogP contribution in [0.3, 0.4) is 0 Å². The molecule has 0 radical (unpaired) electrons. The third-order valence-electron chi connectivity index (χ3n) is 5.65. The van der Waals surface area contributed by atoms with Gasteiger partial charge >= 0.3 is 0 Å². The van der Waals surface area contributed by atoms with Gasteiger partial charge in [-0.15, -0.1) is 0 Å². The summed E-state index contributed by atoms with van der Waals surface area (Å²) in [5.41, 5.74) is 2.18. The zero-order valence-corrected chi connectivity index (χ0v) is 21.6. The topological polar surface area (TPSA) is 122 Å². The number of rotatable bonds is 10. The van der Waals surface area contributed by atoms with Crippen LogP contribution in [0.15, 0.2) is 83.0 Å². The first-order valence-corrected chi connectivity index (χ1v) is 14.8. The number of sulfone groups is 2. The summed E-state index contributed by atoms with van der Waals surface area (Å²) in [6.07, 6.45) is 5.00. The van der Waals surface area contributed by atoms with Crippen molar-refractivity contribution in [2.45, 2.75) is 16.2 Å². The molecular weight excluding hydrogens is 498 g/mol. The van der Waals surface area contributed by atoms with E-state index in [-0.39, 0.29) is 15.5 Å². The van der Waals surface area contributed by atoms with Gasteiger partial charge in [0, 0.05) is 42.5 Å². The second kappa shape index (κ2) is 10.7. The van der Waals surface area contributed by atoms with E-state index in [1.54, 1.807) is 60.8 Å². The number of hydrogen-bond donors (Lipinski definition) is 1. The molecule has 4 aromatic rings. The van der Waals surface area contributed by atoms with Gasteiger partial charge in [-0.3, -0.25) is 4.98 Å². The highest BCUT2D eigenvalue weighted by atomic mass is 32.2. The highest BCUT2D eigenvalue weighted by Crippen LogP contribution is 2.26. The SMILES string of the molecule is CN(CCc1cc2c(Nc3ccc(S(=O)(=O)c4ccccc4)cc3)ncnc2cn1)CCS(C)(=O)=O. The van der Waals surface area contributed by atoms with Gasteiger partial charge in [0.25, 0.3) is 0 Å². The molecule has 1 N–H and O–H groups in total. The zero-order chi connectivity index (χ0) is 25.8. The van der Waals surface area contributed by atoms with E-state index in [9.17, 15) is 16.8 Å². The number of likely N-dealkylation sites (N-methyl/N-ethyl adjacent to an activating group) is 1. The molecule has 4 rings (SSSR count). The fourth-order valence-electron chi connectivity index (χ4n) is 3.57. The highest BCUT2D eigenvalue weighted by Gasteiger charge is 2.17.